The highest BCUT2D eigenvalue weighted by molar-refractivity contribution is 5.13. The van der Waals surface area contributed by atoms with E-state index in [1.165, 1.54) is 5.56 Å². The van der Waals surface area contributed by atoms with Crippen LogP contribution in [0.25, 0.3) is 0 Å². The zero-order valence-electron chi connectivity index (χ0n) is 11.0. The van der Waals surface area contributed by atoms with E-state index >= 15 is 0 Å². The van der Waals surface area contributed by atoms with Gasteiger partial charge in [-0.05, 0) is 26.9 Å². The monoisotopic (exact) mass is 224 g/mol. The minimum absolute atomic E-state index is 0.576. The average Bonchev–Trinajstić information content (AvgIpc) is 2.57. The molecule has 4 heteroatoms. The van der Waals surface area contributed by atoms with E-state index in [-0.39, 0.29) is 0 Å². The van der Waals surface area contributed by atoms with Crippen molar-refractivity contribution in [2.24, 2.45) is 5.92 Å². The first-order chi connectivity index (χ1) is 7.52. The molecule has 1 aromatic rings. The maximum atomic E-state index is 4.01. The Hall–Kier alpha value is -0.870. The van der Waals surface area contributed by atoms with Crippen molar-refractivity contribution in [1.29, 1.82) is 0 Å². The molecular formula is C12H24N4. The first-order valence-corrected chi connectivity index (χ1v) is 5.88. The largest absolute Gasteiger partial charge is 0.311 e. The number of aromatic amines is 1. The lowest BCUT2D eigenvalue weighted by atomic mass is 10.0. The summed E-state index contributed by atoms with van der Waals surface area (Å²) in [7, 11) is 4.27. The Labute approximate surface area is 98.4 Å². The number of hydrogen-bond donors (Lipinski definition) is 2. The van der Waals surface area contributed by atoms with E-state index in [0.717, 1.165) is 18.8 Å². The van der Waals surface area contributed by atoms with Crippen LogP contribution in [0.3, 0.4) is 0 Å². The standard InChI is InChI=1S/C12H24N4/c1-9(2)12(16(4)5)8-13-6-11-7-14-15-10(11)3/h7,9,12-13H,6,8H2,1-5H3,(H,14,15). The molecule has 0 amide bonds. The van der Waals surface area contributed by atoms with E-state index in [2.05, 4.69) is 55.3 Å². The molecule has 0 radical (unpaired) electrons. The average molecular weight is 224 g/mol. The van der Waals surface area contributed by atoms with Crippen LogP contribution in [0.2, 0.25) is 0 Å². The molecule has 1 unspecified atom stereocenters. The lowest BCUT2D eigenvalue weighted by Gasteiger charge is -2.28. The molecule has 0 fully saturated rings. The summed E-state index contributed by atoms with van der Waals surface area (Å²) in [6, 6.07) is 0.576. The number of H-pyrrole nitrogens is 1. The normalized spacial score (nSPS) is 13.7. The number of likely N-dealkylation sites (N-methyl/N-ethyl adjacent to an activating group) is 1. The van der Waals surface area contributed by atoms with Crippen molar-refractivity contribution in [3.8, 4) is 0 Å². The molecule has 0 aromatic carbocycles. The number of hydrogen-bond acceptors (Lipinski definition) is 3. The summed E-state index contributed by atoms with van der Waals surface area (Å²) in [5, 5.41) is 10.5. The van der Waals surface area contributed by atoms with E-state index in [9.17, 15) is 0 Å². The summed E-state index contributed by atoms with van der Waals surface area (Å²) >= 11 is 0. The van der Waals surface area contributed by atoms with Gasteiger partial charge in [0.05, 0.1) is 6.20 Å². The number of nitrogens with zero attached hydrogens (tertiary/aromatic N) is 2. The summed E-state index contributed by atoms with van der Waals surface area (Å²) in [5.41, 5.74) is 2.40. The predicted molar refractivity (Wildman–Crippen MR) is 67.3 cm³/mol. The molecule has 0 saturated heterocycles. The first-order valence-electron chi connectivity index (χ1n) is 5.88. The van der Waals surface area contributed by atoms with Gasteiger partial charge in [0.2, 0.25) is 0 Å². The third kappa shape index (κ3) is 3.61. The second kappa shape index (κ2) is 6.01. The molecule has 1 aromatic heterocycles. The van der Waals surface area contributed by atoms with Gasteiger partial charge in [0.25, 0.3) is 0 Å². The van der Waals surface area contributed by atoms with Gasteiger partial charge in [0, 0.05) is 30.4 Å². The third-order valence-electron chi connectivity index (χ3n) is 3.04. The maximum Gasteiger partial charge on any atom is 0.0535 e. The van der Waals surface area contributed by atoms with Gasteiger partial charge >= 0.3 is 0 Å². The summed E-state index contributed by atoms with van der Waals surface area (Å²) < 4.78 is 0. The molecule has 2 N–H and O–H groups in total. The first kappa shape index (κ1) is 13.2. The summed E-state index contributed by atoms with van der Waals surface area (Å²) in [6.07, 6.45) is 1.89. The Morgan fingerprint density at radius 1 is 1.44 bits per heavy atom. The van der Waals surface area contributed by atoms with Crippen LogP contribution < -0.4 is 5.32 Å². The lowest BCUT2D eigenvalue weighted by Crippen LogP contribution is -2.41. The van der Waals surface area contributed by atoms with Crippen molar-refractivity contribution in [1.82, 2.24) is 20.4 Å². The highest BCUT2D eigenvalue weighted by Gasteiger charge is 2.14. The van der Waals surface area contributed by atoms with E-state index in [4.69, 9.17) is 0 Å². The molecule has 4 nitrogen and oxygen atoms in total. The maximum absolute atomic E-state index is 4.01. The van der Waals surface area contributed by atoms with Crippen molar-refractivity contribution >= 4 is 0 Å². The Morgan fingerprint density at radius 3 is 2.56 bits per heavy atom. The lowest BCUT2D eigenvalue weighted by molar-refractivity contribution is 0.224. The van der Waals surface area contributed by atoms with Crippen LogP contribution in [-0.4, -0.2) is 41.8 Å². The molecule has 0 bridgehead atoms. The van der Waals surface area contributed by atoms with E-state index in [1.807, 2.05) is 6.20 Å². The fourth-order valence-corrected chi connectivity index (χ4v) is 1.92. The summed E-state index contributed by atoms with van der Waals surface area (Å²) in [4.78, 5) is 2.28. The van der Waals surface area contributed by atoms with E-state index < -0.39 is 0 Å². The smallest absolute Gasteiger partial charge is 0.0535 e. The van der Waals surface area contributed by atoms with Gasteiger partial charge in [0.15, 0.2) is 0 Å². The van der Waals surface area contributed by atoms with Crippen molar-refractivity contribution in [2.45, 2.75) is 33.4 Å². The van der Waals surface area contributed by atoms with Crippen LogP contribution in [0.1, 0.15) is 25.1 Å². The number of rotatable bonds is 6. The van der Waals surface area contributed by atoms with Crippen LogP contribution >= 0.6 is 0 Å². The van der Waals surface area contributed by atoms with Crippen LogP contribution in [0.5, 0.6) is 0 Å². The third-order valence-corrected chi connectivity index (χ3v) is 3.04. The minimum atomic E-state index is 0.576. The Kier molecular flexibility index (Phi) is 4.96. The Bertz CT molecular complexity index is 296. The van der Waals surface area contributed by atoms with Crippen molar-refractivity contribution < 1.29 is 0 Å². The molecule has 0 spiro atoms. The van der Waals surface area contributed by atoms with E-state index in [0.29, 0.717) is 12.0 Å². The SMILES string of the molecule is Cc1[nH]ncc1CNCC(C(C)C)N(C)C. The van der Waals surface area contributed by atoms with Gasteiger partial charge in [-0.25, -0.2) is 0 Å². The predicted octanol–water partition coefficient (Wildman–Crippen LogP) is 1.39. The molecule has 16 heavy (non-hydrogen) atoms. The van der Waals surface area contributed by atoms with Crippen molar-refractivity contribution in [3.05, 3.63) is 17.5 Å². The molecular weight excluding hydrogens is 200 g/mol. The van der Waals surface area contributed by atoms with Crippen LogP contribution in [0.15, 0.2) is 6.20 Å². The van der Waals surface area contributed by atoms with Gasteiger partial charge in [-0.15, -0.1) is 0 Å². The zero-order valence-corrected chi connectivity index (χ0v) is 11.0. The second-order valence-corrected chi connectivity index (χ2v) is 4.93. The molecule has 1 heterocycles. The number of aryl methyl sites for hydroxylation is 1. The summed E-state index contributed by atoms with van der Waals surface area (Å²) in [5.74, 6) is 0.660. The van der Waals surface area contributed by atoms with Gasteiger partial charge in [-0.3, -0.25) is 5.10 Å². The Balaban J connectivity index is 2.37. The second-order valence-electron chi connectivity index (χ2n) is 4.93. The van der Waals surface area contributed by atoms with Crippen LogP contribution in [0.4, 0.5) is 0 Å². The topological polar surface area (TPSA) is 44.0 Å². The van der Waals surface area contributed by atoms with Crippen molar-refractivity contribution in [3.63, 3.8) is 0 Å². The van der Waals surface area contributed by atoms with E-state index in [1.54, 1.807) is 0 Å². The number of nitrogens with one attached hydrogen (secondary N) is 2. The summed E-state index contributed by atoms with van der Waals surface area (Å²) in [6.45, 7) is 8.47. The van der Waals surface area contributed by atoms with Gasteiger partial charge in [0.1, 0.15) is 0 Å². The van der Waals surface area contributed by atoms with Gasteiger partial charge in [-0.1, -0.05) is 13.8 Å². The molecule has 92 valence electrons. The fraction of sp³-hybridized carbons (Fsp3) is 0.750. The zero-order chi connectivity index (χ0) is 12.1. The van der Waals surface area contributed by atoms with Gasteiger partial charge in [-0.2, -0.15) is 5.10 Å². The minimum Gasteiger partial charge on any atom is -0.311 e. The molecule has 1 rings (SSSR count). The highest BCUT2D eigenvalue weighted by Crippen LogP contribution is 2.07. The number of aromatic nitrogens is 2. The van der Waals surface area contributed by atoms with Crippen LogP contribution in [0, 0.1) is 12.8 Å². The van der Waals surface area contributed by atoms with Crippen LogP contribution in [-0.2, 0) is 6.54 Å². The quantitative estimate of drug-likeness (QED) is 0.767. The molecule has 1 atom stereocenters. The molecule has 0 aliphatic carbocycles. The molecule has 0 saturated carbocycles. The van der Waals surface area contributed by atoms with Gasteiger partial charge < -0.3 is 10.2 Å². The molecule has 0 aliphatic rings. The highest BCUT2D eigenvalue weighted by atomic mass is 15.1. The fourth-order valence-electron chi connectivity index (χ4n) is 1.92. The molecule has 0 aliphatic heterocycles. The van der Waals surface area contributed by atoms with Crippen molar-refractivity contribution in [2.75, 3.05) is 20.6 Å². The Morgan fingerprint density at radius 2 is 2.12 bits per heavy atom.